The van der Waals surface area contributed by atoms with Crippen molar-refractivity contribution in [2.75, 3.05) is 0 Å². The van der Waals surface area contributed by atoms with Crippen LogP contribution in [0.5, 0.6) is 0 Å². The number of hydrogen-bond acceptors (Lipinski definition) is 0. The minimum absolute atomic E-state index is 0.0211. The number of aromatic nitrogens is 2. The van der Waals surface area contributed by atoms with Crippen molar-refractivity contribution in [1.82, 2.24) is 4.57 Å². The smallest absolute Gasteiger partial charge is 0.225 e. The van der Waals surface area contributed by atoms with Crippen LogP contribution in [0, 0.1) is 13.8 Å². The molecule has 0 saturated carbocycles. The molecular weight excluding hydrogens is 316 g/mol. The Balaban J connectivity index is 2.04. The number of imidazole rings is 1. The van der Waals surface area contributed by atoms with E-state index in [1.807, 2.05) is 0 Å². The minimum atomic E-state index is -0.473. The Bertz CT molecular complexity index is 1910. The van der Waals surface area contributed by atoms with Crippen molar-refractivity contribution in [2.24, 2.45) is 0 Å². The van der Waals surface area contributed by atoms with E-state index in [1.54, 1.807) is 0 Å². The molecule has 3 heterocycles. The van der Waals surface area contributed by atoms with E-state index in [1.165, 1.54) is 22.8 Å². The van der Waals surface area contributed by atoms with E-state index < -0.39 is 12.1 Å². The molecule has 2 nitrogen and oxygen atoms in total. The van der Waals surface area contributed by atoms with E-state index in [9.17, 15) is 0 Å². The van der Waals surface area contributed by atoms with Gasteiger partial charge >= 0.3 is 0 Å². The number of hydrogen-bond donors (Lipinski definition) is 0. The largest absolute Gasteiger partial charge is 0.295 e. The molecule has 0 radical (unpaired) electrons. The molecule has 0 unspecified atom stereocenters. The van der Waals surface area contributed by atoms with Crippen LogP contribution in [0.4, 0.5) is 0 Å². The summed E-state index contributed by atoms with van der Waals surface area (Å²) < 4.78 is 97.2. The zero-order valence-corrected chi connectivity index (χ0v) is 14.1. The molecule has 2 aromatic heterocycles. The summed E-state index contributed by atoms with van der Waals surface area (Å²) in [4.78, 5) is 0. The van der Waals surface area contributed by atoms with Gasteiger partial charge in [0.25, 0.3) is 5.65 Å². The van der Waals surface area contributed by atoms with Gasteiger partial charge in [0, 0.05) is 21.9 Å². The van der Waals surface area contributed by atoms with Gasteiger partial charge in [-0.15, -0.1) is 0 Å². The van der Waals surface area contributed by atoms with Gasteiger partial charge in [-0.2, -0.15) is 4.40 Å². The maximum absolute atomic E-state index is 9.09. The van der Waals surface area contributed by atoms with Gasteiger partial charge in [-0.05, 0) is 31.5 Å². The van der Waals surface area contributed by atoms with Gasteiger partial charge in [0.1, 0.15) is 19.6 Å². The Morgan fingerprint density at radius 3 is 2.77 bits per heavy atom. The molecule has 0 atom stereocenters. The average Bonchev–Trinajstić information content (AvgIpc) is 3.40. The first kappa shape index (κ1) is 7.24. The van der Waals surface area contributed by atoms with E-state index in [0.29, 0.717) is 16.6 Å². The first-order chi connectivity index (χ1) is 17.3. The standard InChI is InChI=1S/C24H19N2/c1-15-10-11-21-20(12-15)19-9-5-7-17-13-25-14-22(26(21)24(25)23(17)19)18-8-4-3-6-16(18)2/h3-12,14H,13H2,1-2H3/q+1/i3D,4D,5D,6D,7D,8D,9D,10D,11D,12D,14D. The van der Waals surface area contributed by atoms with Gasteiger partial charge in [0.15, 0.2) is 5.69 Å². The second-order valence-corrected chi connectivity index (χ2v) is 6.53. The maximum Gasteiger partial charge on any atom is 0.295 e. The van der Waals surface area contributed by atoms with E-state index in [-0.39, 0.29) is 99.7 Å². The molecule has 2 heteroatoms. The predicted octanol–water partition coefficient (Wildman–Crippen LogP) is 5.18. The van der Waals surface area contributed by atoms with Gasteiger partial charge in [0.05, 0.1) is 19.1 Å². The lowest BCUT2D eigenvalue weighted by molar-refractivity contribution is -0.466. The Morgan fingerprint density at radius 2 is 1.85 bits per heavy atom. The number of fused-ring (bicyclic) bond motifs is 3. The Kier molecular flexibility index (Phi) is 1.32. The third-order valence-corrected chi connectivity index (χ3v) is 4.93. The van der Waals surface area contributed by atoms with Crippen molar-refractivity contribution in [1.29, 1.82) is 0 Å². The van der Waals surface area contributed by atoms with Gasteiger partial charge in [0.2, 0.25) is 0 Å². The zero-order valence-electron chi connectivity index (χ0n) is 25.1. The minimum Gasteiger partial charge on any atom is -0.225 e. The van der Waals surface area contributed by atoms with Crippen molar-refractivity contribution >= 4 is 27.3 Å². The van der Waals surface area contributed by atoms with Crippen LogP contribution in [0.1, 0.15) is 31.8 Å². The molecule has 5 aromatic rings. The van der Waals surface area contributed by atoms with Crippen LogP contribution in [-0.4, -0.2) is 4.57 Å². The molecular formula is C24H19N2+. The van der Waals surface area contributed by atoms with Crippen LogP contribution in [0.3, 0.4) is 0 Å². The highest BCUT2D eigenvalue weighted by Crippen LogP contribution is 2.36. The van der Waals surface area contributed by atoms with E-state index in [4.69, 9.17) is 15.1 Å². The molecule has 0 bridgehead atoms. The first-order valence-corrected chi connectivity index (χ1v) is 8.29. The third-order valence-electron chi connectivity index (χ3n) is 4.93. The predicted molar refractivity (Wildman–Crippen MR) is 107 cm³/mol. The number of pyridine rings is 1. The summed E-state index contributed by atoms with van der Waals surface area (Å²) in [7, 11) is 0. The quantitative estimate of drug-likeness (QED) is 0.287. The Labute approximate surface area is 167 Å². The molecule has 0 aliphatic carbocycles. The number of rotatable bonds is 1. The first-order valence-electron chi connectivity index (χ1n) is 13.8. The monoisotopic (exact) mass is 346 g/mol. The van der Waals surface area contributed by atoms with E-state index in [0.717, 1.165) is 0 Å². The normalized spacial score (nSPS) is 18.8. The highest BCUT2D eigenvalue weighted by Gasteiger charge is 2.31. The van der Waals surface area contributed by atoms with Crippen molar-refractivity contribution < 1.29 is 19.5 Å². The SMILES string of the molecule is [2H]c1c([2H])c([2H])c(-c2c([2H])n3c4c5c(c([2H])c([2H])c([2H])c5c5c([2H])c(C)c([2H])c([2H])c5[n+]24)C3)c(C)c1[2H]. The van der Waals surface area contributed by atoms with Gasteiger partial charge < -0.3 is 0 Å². The second-order valence-electron chi connectivity index (χ2n) is 6.53. The molecule has 0 N–H and O–H groups in total. The van der Waals surface area contributed by atoms with E-state index >= 15 is 0 Å². The van der Waals surface area contributed by atoms with Gasteiger partial charge in [-0.25, -0.2) is 4.57 Å². The summed E-state index contributed by atoms with van der Waals surface area (Å²) in [5.41, 5.74) is 1.38. The zero-order chi connectivity index (χ0) is 27.0. The van der Waals surface area contributed by atoms with Crippen molar-refractivity contribution in [3.63, 3.8) is 0 Å². The van der Waals surface area contributed by atoms with Gasteiger partial charge in [-0.1, -0.05) is 53.9 Å². The fourth-order valence-corrected chi connectivity index (χ4v) is 3.81. The summed E-state index contributed by atoms with van der Waals surface area (Å²) in [6.45, 7) is 3.09. The summed E-state index contributed by atoms with van der Waals surface area (Å²) in [5, 5.41) is 0.758. The van der Waals surface area contributed by atoms with Crippen LogP contribution < -0.4 is 4.40 Å². The number of benzene rings is 3. The number of nitrogens with zero attached hydrogens (tertiary/aromatic N) is 2. The summed E-state index contributed by atoms with van der Waals surface area (Å²) in [5.74, 6) is 0. The lowest BCUT2D eigenvalue weighted by Crippen LogP contribution is -2.24. The fourth-order valence-electron chi connectivity index (χ4n) is 3.81. The van der Waals surface area contributed by atoms with Crippen LogP contribution >= 0.6 is 0 Å². The molecule has 0 amide bonds. The van der Waals surface area contributed by atoms with E-state index in [2.05, 4.69) is 0 Å². The molecule has 0 fully saturated rings. The van der Waals surface area contributed by atoms with Crippen LogP contribution in [0.25, 0.3) is 38.6 Å². The highest BCUT2D eigenvalue weighted by atomic mass is 15.1. The summed E-state index contributed by atoms with van der Waals surface area (Å²) >= 11 is 0. The topological polar surface area (TPSA) is 9.03 Å². The molecule has 26 heavy (non-hydrogen) atoms. The molecule has 1 aliphatic rings. The lowest BCUT2D eigenvalue weighted by Gasteiger charge is -2.07. The maximum atomic E-state index is 9.09. The van der Waals surface area contributed by atoms with Crippen molar-refractivity contribution in [2.45, 2.75) is 20.4 Å². The van der Waals surface area contributed by atoms with Crippen molar-refractivity contribution in [3.8, 4) is 11.3 Å². The highest BCUT2D eigenvalue weighted by molar-refractivity contribution is 6.11. The Morgan fingerprint density at radius 1 is 0.962 bits per heavy atom. The molecule has 0 saturated heterocycles. The lowest BCUT2D eigenvalue weighted by atomic mass is 10.0. The molecule has 1 aliphatic heterocycles. The molecule has 124 valence electrons. The van der Waals surface area contributed by atoms with Crippen LogP contribution in [-0.2, 0) is 6.54 Å². The molecule has 6 rings (SSSR count). The molecule has 3 aromatic carbocycles. The fraction of sp³-hybridized carbons (Fsp3) is 0.125. The van der Waals surface area contributed by atoms with Crippen molar-refractivity contribution in [3.05, 3.63) is 83.3 Å². The second kappa shape index (κ2) is 4.73. The summed E-state index contributed by atoms with van der Waals surface area (Å²) in [6.07, 6.45) is -0.131. The van der Waals surface area contributed by atoms with Gasteiger partial charge in [-0.3, -0.25) is 0 Å². The van der Waals surface area contributed by atoms with Crippen LogP contribution in [0.2, 0.25) is 0 Å². The average molecular weight is 346 g/mol. The molecule has 0 spiro atoms. The third kappa shape index (κ3) is 1.64. The summed E-state index contributed by atoms with van der Waals surface area (Å²) in [6, 6.07) is -2.83. The Hall–Kier alpha value is -3.13. The van der Waals surface area contributed by atoms with Crippen LogP contribution in [0.15, 0.2) is 66.6 Å².